The van der Waals surface area contributed by atoms with Crippen LogP contribution in [0.3, 0.4) is 0 Å². The topological polar surface area (TPSA) is 76.4 Å². The number of hydrogen-bond donors (Lipinski definition) is 2. The van der Waals surface area contributed by atoms with E-state index in [-0.39, 0.29) is 5.75 Å². The summed E-state index contributed by atoms with van der Waals surface area (Å²) < 4.78 is 7.01. The van der Waals surface area contributed by atoms with Gasteiger partial charge in [-0.2, -0.15) is 0 Å². The van der Waals surface area contributed by atoms with Crippen molar-refractivity contribution in [2.45, 2.75) is 13.0 Å². The van der Waals surface area contributed by atoms with Crippen LogP contribution >= 0.6 is 0 Å². The van der Waals surface area contributed by atoms with Crippen LogP contribution in [0.25, 0.3) is 11.0 Å². The quantitative estimate of drug-likeness (QED) is 0.703. The average molecular weight is 335 g/mol. The molecule has 2 heterocycles. The molecule has 3 aromatic rings. The Morgan fingerprint density at radius 1 is 1.20 bits per heavy atom. The predicted octanol–water partition coefficient (Wildman–Crippen LogP) is 3.20. The van der Waals surface area contributed by atoms with Crippen LogP contribution in [0.1, 0.15) is 18.5 Å². The highest BCUT2D eigenvalue weighted by molar-refractivity contribution is 5.94. The van der Waals surface area contributed by atoms with Crippen LogP contribution in [-0.4, -0.2) is 27.7 Å². The minimum atomic E-state index is -0.397. The van der Waals surface area contributed by atoms with E-state index in [1.807, 2.05) is 35.8 Å². The van der Waals surface area contributed by atoms with Gasteiger partial charge in [0, 0.05) is 5.70 Å². The van der Waals surface area contributed by atoms with Gasteiger partial charge in [-0.05, 0) is 36.8 Å². The van der Waals surface area contributed by atoms with Crippen molar-refractivity contribution < 1.29 is 14.6 Å². The zero-order valence-corrected chi connectivity index (χ0v) is 13.9. The van der Waals surface area contributed by atoms with E-state index in [4.69, 9.17) is 4.74 Å². The molecule has 6 heteroatoms. The van der Waals surface area contributed by atoms with Gasteiger partial charge in [0.2, 0.25) is 5.95 Å². The Labute approximate surface area is 144 Å². The molecule has 1 atom stereocenters. The number of nitrogens with one attached hydrogen (secondary N) is 1. The smallest absolute Gasteiger partial charge is 0.337 e. The molecule has 1 unspecified atom stereocenters. The van der Waals surface area contributed by atoms with Crippen molar-refractivity contribution in [2.75, 3.05) is 12.4 Å². The largest absolute Gasteiger partial charge is 0.508 e. The first-order valence-electron chi connectivity index (χ1n) is 7.92. The average Bonchev–Trinajstić information content (AvgIpc) is 2.98. The number of phenolic OH excluding ortho intramolecular Hbond substituents is 1. The van der Waals surface area contributed by atoms with Crippen LogP contribution < -0.4 is 5.32 Å². The van der Waals surface area contributed by atoms with Crippen LogP contribution in [0.4, 0.5) is 5.95 Å². The third kappa shape index (κ3) is 2.34. The zero-order chi connectivity index (χ0) is 17.6. The summed E-state index contributed by atoms with van der Waals surface area (Å²) in [5, 5.41) is 12.8. The first-order chi connectivity index (χ1) is 12.1. The minimum absolute atomic E-state index is 0.175. The van der Waals surface area contributed by atoms with E-state index >= 15 is 0 Å². The van der Waals surface area contributed by atoms with E-state index in [1.165, 1.54) is 7.11 Å². The Hall–Kier alpha value is -3.28. The number of methoxy groups -OCH3 is 1. The van der Waals surface area contributed by atoms with Gasteiger partial charge >= 0.3 is 5.97 Å². The van der Waals surface area contributed by atoms with Crippen molar-refractivity contribution in [3.8, 4) is 5.75 Å². The number of aromatic hydroxyl groups is 1. The summed E-state index contributed by atoms with van der Waals surface area (Å²) in [6, 6.07) is 14.2. The number of allylic oxidation sites excluding steroid dienone is 1. The number of aromatic nitrogens is 2. The van der Waals surface area contributed by atoms with Crippen LogP contribution in [0.2, 0.25) is 0 Å². The molecule has 1 aromatic heterocycles. The predicted molar refractivity (Wildman–Crippen MR) is 94.3 cm³/mol. The summed E-state index contributed by atoms with van der Waals surface area (Å²) in [6.45, 7) is 1.84. The van der Waals surface area contributed by atoms with Gasteiger partial charge in [0.25, 0.3) is 0 Å². The number of fused-ring (bicyclic) bond motifs is 3. The summed E-state index contributed by atoms with van der Waals surface area (Å²) in [5.74, 6) is 0.449. The van der Waals surface area contributed by atoms with Crippen LogP contribution in [0.15, 0.2) is 59.8 Å². The highest BCUT2D eigenvalue weighted by atomic mass is 16.5. The second-order valence-corrected chi connectivity index (χ2v) is 5.94. The van der Waals surface area contributed by atoms with Gasteiger partial charge < -0.3 is 15.2 Å². The third-order valence-electron chi connectivity index (χ3n) is 4.44. The minimum Gasteiger partial charge on any atom is -0.508 e. The molecule has 126 valence electrons. The van der Waals surface area contributed by atoms with E-state index < -0.39 is 12.0 Å². The van der Waals surface area contributed by atoms with E-state index in [0.29, 0.717) is 17.2 Å². The van der Waals surface area contributed by atoms with Gasteiger partial charge in [-0.3, -0.25) is 4.57 Å². The summed E-state index contributed by atoms with van der Waals surface area (Å²) in [7, 11) is 1.37. The highest BCUT2D eigenvalue weighted by Gasteiger charge is 2.34. The molecule has 6 nitrogen and oxygen atoms in total. The van der Waals surface area contributed by atoms with Gasteiger partial charge in [0.15, 0.2) is 0 Å². The maximum atomic E-state index is 12.5. The molecule has 1 aliphatic heterocycles. The van der Waals surface area contributed by atoms with Crippen molar-refractivity contribution in [3.05, 3.63) is 65.4 Å². The first kappa shape index (κ1) is 15.3. The number of carbonyl (C=O) groups excluding carboxylic acids is 1. The molecule has 0 radical (unpaired) electrons. The van der Waals surface area contributed by atoms with Crippen LogP contribution in [0.5, 0.6) is 5.75 Å². The molecule has 0 saturated carbocycles. The Morgan fingerprint density at radius 2 is 1.92 bits per heavy atom. The maximum Gasteiger partial charge on any atom is 0.337 e. The lowest BCUT2D eigenvalue weighted by molar-refractivity contribution is -0.136. The van der Waals surface area contributed by atoms with Gasteiger partial charge in [-0.1, -0.05) is 24.3 Å². The summed E-state index contributed by atoms with van der Waals surface area (Å²) >= 11 is 0. The highest BCUT2D eigenvalue weighted by Crippen LogP contribution is 2.39. The summed E-state index contributed by atoms with van der Waals surface area (Å²) in [5.41, 5.74) is 3.84. The third-order valence-corrected chi connectivity index (χ3v) is 4.44. The van der Waals surface area contributed by atoms with Crippen LogP contribution in [0, 0.1) is 0 Å². The molecular formula is C19H17N3O3. The van der Waals surface area contributed by atoms with Crippen molar-refractivity contribution in [2.24, 2.45) is 0 Å². The fraction of sp³-hybridized carbons (Fsp3) is 0.158. The lowest BCUT2D eigenvalue weighted by atomic mass is 9.95. The zero-order valence-electron chi connectivity index (χ0n) is 13.9. The fourth-order valence-corrected chi connectivity index (χ4v) is 3.31. The Kier molecular flexibility index (Phi) is 3.46. The molecule has 0 spiro atoms. The fourth-order valence-electron chi connectivity index (χ4n) is 3.31. The Balaban J connectivity index is 2.01. The van der Waals surface area contributed by atoms with Gasteiger partial charge in [0.05, 0.1) is 29.8 Å². The number of phenols is 1. The van der Waals surface area contributed by atoms with E-state index in [2.05, 4.69) is 10.3 Å². The molecule has 0 bridgehead atoms. The molecule has 2 N–H and O–H groups in total. The molecule has 25 heavy (non-hydrogen) atoms. The van der Waals surface area contributed by atoms with Gasteiger partial charge in [-0.25, -0.2) is 9.78 Å². The van der Waals surface area contributed by atoms with Crippen molar-refractivity contribution in [3.63, 3.8) is 0 Å². The number of esters is 1. The number of nitrogens with zero attached hydrogens (tertiary/aromatic N) is 2. The Bertz CT molecular complexity index is 1000. The van der Waals surface area contributed by atoms with Crippen molar-refractivity contribution >= 4 is 23.0 Å². The van der Waals surface area contributed by atoms with E-state index in [9.17, 15) is 9.90 Å². The molecule has 0 fully saturated rings. The Morgan fingerprint density at radius 3 is 2.64 bits per heavy atom. The first-order valence-corrected chi connectivity index (χ1v) is 7.92. The molecule has 2 aromatic carbocycles. The SMILES string of the molecule is COC(=O)C1=C(C)Nc2nc3ccccc3n2C1c1ccc(O)cc1. The van der Waals surface area contributed by atoms with E-state index in [0.717, 1.165) is 16.6 Å². The molecule has 0 amide bonds. The lowest BCUT2D eigenvalue weighted by Gasteiger charge is -2.30. The monoisotopic (exact) mass is 335 g/mol. The van der Waals surface area contributed by atoms with E-state index in [1.54, 1.807) is 24.3 Å². The molecular weight excluding hydrogens is 318 g/mol. The number of ether oxygens (including phenoxy) is 1. The second kappa shape index (κ2) is 5.66. The van der Waals surface area contributed by atoms with Gasteiger partial charge in [0.1, 0.15) is 5.75 Å². The molecule has 4 rings (SSSR count). The number of hydrogen-bond acceptors (Lipinski definition) is 5. The number of carbonyl (C=O) groups is 1. The molecule has 0 aliphatic carbocycles. The van der Waals surface area contributed by atoms with Gasteiger partial charge in [-0.15, -0.1) is 0 Å². The standard InChI is InChI=1S/C19H17N3O3/c1-11-16(18(24)25-2)17(12-7-9-13(23)10-8-12)22-15-6-4-3-5-14(15)21-19(22)20-11/h3-10,17,23H,1-2H3,(H,20,21). The van der Waals surface area contributed by atoms with Crippen molar-refractivity contribution in [1.29, 1.82) is 0 Å². The summed E-state index contributed by atoms with van der Waals surface area (Å²) in [4.78, 5) is 17.1. The normalized spacial score (nSPS) is 16.5. The number of imidazole rings is 1. The number of anilines is 1. The van der Waals surface area contributed by atoms with Crippen molar-refractivity contribution in [1.82, 2.24) is 9.55 Å². The molecule has 1 aliphatic rings. The van der Waals surface area contributed by atoms with Crippen LogP contribution in [-0.2, 0) is 9.53 Å². The lowest BCUT2D eigenvalue weighted by Crippen LogP contribution is -2.28. The number of para-hydroxylation sites is 2. The number of benzene rings is 2. The number of rotatable bonds is 2. The summed E-state index contributed by atoms with van der Waals surface area (Å²) in [6.07, 6.45) is 0. The maximum absolute atomic E-state index is 12.5. The second-order valence-electron chi connectivity index (χ2n) is 5.94. The molecule has 0 saturated heterocycles.